The van der Waals surface area contributed by atoms with Crippen molar-refractivity contribution < 1.29 is 5.11 Å². The lowest BCUT2D eigenvalue weighted by molar-refractivity contribution is 0.112. The molecular weight excluding hydrogens is 258 g/mol. The van der Waals surface area contributed by atoms with Crippen molar-refractivity contribution in [3.8, 4) is 11.1 Å². The fourth-order valence-corrected chi connectivity index (χ4v) is 2.96. The van der Waals surface area contributed by atoms with E-state index in [1.807, 2.05) is 0 Å². The number of hydrogen-bond donors (Lipinski definition) is 1. The highest BCUT2D eigenvalue weighted by Crippen LogP contribution is 2.37. The van der Waals surface area contributed by atoms with Crippen molar-refractivity contribution in [3.05, 3.63) is 59.2 Å². The van der Waals surface area contributed by atoms with Crippen molar-refractivity contribution in [1.29, 1.82) is 0 Å². The van der Waals surface area contributed by atoms with E-state index >= 15 is 0 Å². The molecule has 1 aliphatic rings. The van der Waals surface area contributed by atoms with E-state index < -0.39 is 6.10 Å². The summed E-state index contributed by atoms with van der Waals surface area (Å²) < 4.78 is 0. The van der Waals surface area contributed by atoms with E-state index in [1.54, 1.807) is 0 Å². The van der Waals surface area contributed by atoms with Crippen LogP contribution in [0.1, 0.15) is 36.6 Å². The number of likely N-dealkylation sites (N-methyl/N-ethyl adjacent to an activating group) is 1. The minimum absolute atomic E-state index is 0.425. The van der Waals surface area contributed by atoms with Crippen molar-refractivity contribution in [2.24, 2.45) is 0 Å². The van der Waals surface area contributed by atoms with E-state index in [1.165, 1.54) is 22.3 Å². The van der Waals surface area contributed by atoms with Crippen LogP contribution in [0.4, 0.5) is 0 Å². The highest BCUT2D eigenvalue weighted by Gasteiger charge is 2.20. The number of nitrogens with zero attached hydrogens (tertiary/aromatic N) is 1. The zero-order valence-electron chi connectivity index (χ0n) is 13.0. The molecular formula is C19H23NO. The normalized spacial score (nSPS) is 14.4. The largest absolute Gasteiger partial charge is 0.387 e. The van der Waals surface area contributed by atoms with Crippen molar-refractivity contribution in [2.45, 2.75) is 32.4 Å². The number of aliphatic hydroxyl groups is 1. The Morgan fingerprint density at radius 1 is 1.05 bits per heavy atom. The molecule has 2 nitrogen and oxygen atoms in total. The summed E-state index contributed by atoms with van der Waals surface area (Å²) in [6, 6.07) is 15.4. The smallest absolute Gasteiger partial charge is 0.0917 e. The van der Waals surface area contributed by atoms with Crippen LogP contribution >= 0.6 is 0 Å². The van der Waals surface area contributed by atoms with Crippen LogP contribution in [0.5, 0.6) is 0 Å². The molecule has 0 aliphatic heterocycles. The van der Waals surface area contributed by atoms with Crippen molar-refractivity contribution in [2.75, 3.05) is 13.6 Å². The van der Waals surface area contributed by atoms with Gasteiger partial charge in [-0.2, -0.15) is 0 Å². The van der Waals surface area contributed by atoms with Crippen molar-refractivity contribution in [3.63, 3.8) is 0 Å². The highest BCUT2D eigenvalue weighted by atomic mass is 16.3. The maximum atomic E-state index is 10.4. The molecule has 2 aromatic carbocycles. The fourth-order valence-electron chi connectivity index (χ4n) is 2.96. The molecule has 1 N–H and O–H groups in total. The van der Waals surface area contributed by atoms with E-state index in [0.717, 1.165) is 12.0 Å². The van der Waals surface area contributed by atoms with Crippen LogP contribution in [0.15, 0.2) is 42.5 Å². The minimum Gasteiger partial charge on any atom is -0.387 e. The van der Waals surface area contributed by atoms with E-state index in [2.05, 4.69) is 68.3 Å². The Labute approximate surface area is 127 Å². The van der Waals surface area contributed by atoms with Gasteiger partial charge in [-0.25, -0.2) is 0 Å². The third-order valence-electron chi connectivity index (χ3n) is 4.54. The topological polar surface area (TPSA) is 23.5 Å². The molecule has 1 unspecified atom stereocenters. The minimum atomic E-state index is -0.425. The Bertz CT molecular complexity index is 648. The predicted molar refractivity (Wildman–Crippen MR) is 87.4 cm³/mol. The monoisotopic (exact) mass is 281 g/mol. The summed E-state index contributed by atoms with van der Waals surface area (Å²) in [4.78, 5) is 2.17. The first-order chi connectivity index (χ1) is 10.1. The molecule has 21 heavy (non-hydrogen) atoms. The van der Waals surface area contributed by atoms with Gasteiger partial charge in [0.1, 0.15) is 0 Å². The van der Waals surface area contributed by atoms with Crippen LogP contribution < -0.4 is 0 Å². The second-order valence-electron chi connectivity index (χ2n) is 6.30. The first-order valence-corrected chi connectivity index (χ1v) is 7.65. The van der Waals surface area contributed by atoms with Crippen LogP contribution in [-0.2, 0) is 6.42 Å². The van der Waals surface area contributed by atoms with E-state index in [4.69, 9.17) is 0 Å². The Balaban J connectivity index is 1.84. The van der Waals surface area contributed by atoms with Gasteiger partial charge in [0, 0.05) is 12.6 Å². The molecule has 2 heteroatoms. The summed E-state index contributed by atoms with van der Waals surface area (Å²) in [6.07, 6.45) is 0.554. The quantitative estimate of drug-likeness (QED) is 0.789. The van der Waals surface area contributed by atoms with E-state index in [0.29, 0.717) is 12.6 Å². The molecule has 0 radical (unpaired) electrons. The Morgan fingerprint density at radius 2 is 1.76 bits per heavy atom. The molecule has 0 heterocycles. The lowest BCUT2D eigenvalue weighted by atomic mass is 10.0. The third-order valence-corrected chi connectivity index (χ3v) is 4.54. The molecule has 0 saturated carbocycles. The zero-order valence-corrected chi connectivity index (χ0v) is 13.0. The Hall–Kier alpha value is -1.64. The molecule has 2 aromatic rings. The molecule has 0 bridgehead atoms. The lowest BCUT2D eigenvalue weighted by Gasteiger charge is -2.24. The first-order valence-electron chi connectivity index (χ1n) is 7.65. The molecule has 0 amide bonds. The molecule has 110 valence electrons. The molecule has 0 spiro atoms. The summed E-state index contributed by atoms with van der Waals surface area (Å²) in [5.74, 6) is 0. The second kappa shape index (κ2) is 5.63. The SMILES string of the molecule is CC(C)N(C)CC(O)c1ccc2c(c1)Cc1ccccc1-2. The third kappa shape index (κ3) is 2.74. The predicted octanol–water partition coefficient (Wildman–Crippen LogP) is 3.63. The molecule has 0 aromatic heterocycles. The van der Waals surface area contributed by atoms with E-state index in [-0.39, 0.29) is 0 Å². The van der Waals surface area contributed by atoms with Gasteiger partial charge in [-0.1, -0.05) is 42.5 Å². The number of aliphatic hydroxyl groups excluding tert-OH is 1. The van der Waals surface area contributed by atoms with Crippen LogP contribution in [0.25, 0.3) is 11.1 Å². The fraction of sp³-hybridized carbons (Fsp3) is 0.368. The zero-order chi connectivity index (χ0) is 15.0. The van der Waals surface area contributed by atoms with Gasteiger partial charge in [-0.05, 0) is 55.1 Å². The van der Waals surface area contributed by atoms with E-state index in [9.17, 15) is 5.11 Å². The van der Waals surface area contributed by atoms with Crippen LogP contribution in [-0.4, -0.2) is 29.6 Å². The van der Waals surface area contributed by atoms with Crippen molar-refractivity contribution in [1.82, 2.24) is 4.90 Å². The summed E-state index contributed by atoms with van der Waals surface area (Å²) in [7, 11) is 2.05. The maximum Gasteiger partial charge on any atom is 0.0917 e. The van der Waals surface area contributed by atoms with Crippen LogP contribution in [0.2, 0.25) is 0 Å². The van der Waals surface area contributed by atoms with Crippen LogP contribution in [0.3, 0.4) is 0 Å². The van der Waals surface area contributed by atoms with Gasteiger partial charge in [0.05, 0.1) is 6.10 Å². The van der Waals surface area contributed by atoms with Crippen LogP contribution in [0, 0.1) is 0 Å². The number of benzene rings is 2. The van der Waals surface area contributed by atoms with Gasteiger partial charge in [-0.15, -0.1) is 0 Å². The Kier molecular flexibility index (Phi) is 3.83. The summed E-state index contributed by atoms with van der Waals surface area (Å²) >= 11 is 0. The summed E-state index contributed by atoms with van der Waals surface area (Å²) in [6.45, 7) is 4.96. The van der Waals surface area contributed by atoms with Gasteiger partial charge in [-0.3, -0.25) is 0 Å². The average molecular weight is 281 g/mol. The van der Waals surface area contributed by atoms with Gasteiger partial charge < -0.3 is 10.0 Å². The second-order valence-corrected chi connectivity index (χ2v) is 6.30. The van der Waals surface area contributed by atoms with Gasteiger partial charge >= 0.3 is 0 Å². The molecule has 3 rings (SSSR count). The Morgan fingerprint density at radius 3 is 2.52 bits per heavy atom. The van der Waals surface area contributed by atoms with Crippen molar-refractivity contribution >= 4 is 0 Å². The number of hydrogen-bond acceptors (Lipinski definition) is 2. The van der Waals surface area contributed by atoms with Gasteiger partial charge in [0.15, 0.2) is 0 Å². The maximum absolute atomic E-state index is 10.4. The summed E-state index contributed by atoms with van der Waals surface area (Å²) in [5.41, 5.74) is 6.40. The molecule has 0 fully saturated rings. The molecule has 1 aliphatic carbocycles. The first kappa shape index (κ1) is 14.3. The lowest BCUT2D eigenvalue weighted by Crippen LogP contribution is -2.30. The summed E-state index contributed by atoms with van der Waals surface area (Å²) in [5, 5.41) is 10.4. The standard InChI is InChI=1S/C19H23NO/c1-13(2)20(3)12-19(21)15-8-9-18-16(11-15)10-14-6-4-5-7-17(14)18/h4-9,11,13,19,21H,10,12H2,1-3H3. The molecule has 0 saturated heterocycles. The number of rotatable bonds is 4. The molecule has 1 atom stereocenters. The van der Waals surface area contributed by atoms with Gasteiger partial charge in [0.25, 0.3) is 0 Å². The van der Waals surface area contributed by atoms with Gasteiger partial charge in [0.2, 0.25) is 0 Å². The average Bonchev–Trinajstić information content (AvgIpc) is 2.84. The number of fused-ring (bicyclic) bond motifs is 3. The highest BCUT2D eigenvalue weighted by molar-refractivity contribution is 5.76.